The molecule has 0 bridgehead atoms. The summed E-state index contributed by atoms with van der Waals surface area (Å²) in [6.07, 6.45) is 5.17. The van der Waals surface area contributed by atoms with E-state index < -0.39 is 6.10 Å². The number of benzene rings is 2. The number of hydrogen-bond donors (Lipinski definition) is 4. The van der Waals surface area contributed by atoms with Crippen LogP contribution in [-0.2, 0) is 17.6 Å². The number of carbonyl (C=O) groups excluding carboxylic acids is 1. The second kappa shape index (κ2) is 15.0. The number of halogens is 1. The molecule has 0 saturated carbocycles. The molecule has 12 heteroatoms. The second-order valence-corrected chi connectivity index (χ2v) is 11.7. The van der Waals surface area contributed by atoms with Crippen LogP contribution in [-0.4, -0.2) is 104 Å². The molecule has 3 aromatic rings. The number of aromatic nitrogens is 2. The molecule has 0 spiro atoms. The summed E-state index contributed by atoms with van der Waals surface area (Å²) in [6.45, 7) is 4.91. The zero-order valence-electron chi connectivity index (χ0n) is 25.6. The van der Waals surface area contributed by atoms with Crippen LogP contribution in [0.15, 0.2) is 42.6 Å². The first kappa shape index (κ1) is 31.9. The number of β-amino-alcohol motifs (C(OH)–C–C–N with tert-alkyl or cyclic N) is 1. The molecule has 4 N–H and O–H groups in total. The maximum absolute atomic E-state index is 12.3. The number of piperazine rings is 1. The molecule has 1 aliphatic carbocycles. The Morgan fingerprint density at radius 3 is 2.66 bits per heavy atom. The van der Waals surface area contributed by atoms with Crippen molar-refractivity contribution in [3.8, 4) is 5.75 Å². The van der Waals surface area contributed by atoms with Crippen LogP contribution in [0.2, 0.25) is 5.02 Å². The van der Waals surface area contributed by atoms with Gasteiger partial charge in [0.2, 0.25) is 5.95 Å². The minimum Gasteiger partial charge on any atom is -0.494 e. The van der Waals surface area contributed by atoms with Gasteiger partial charge in [0.1, 0.15) is 10.8 Å². The Bertz CT molecular complexity index is 1430. The maximum Gasteiger partial charge on any atom is 0.253 e. The van der Waals surface area contributed by atoms with Gasteiger partial charge in [0, 0.05) is 52.9 Å². The predicted octanol–water partition coefficient (Wildman–Crippen LogP) is 3.86. The highest BCUT2D eigenvalue weighted by Gasteiger charge is 2.28. The van der Waals surface area contributed by atoms with Crippen LogP contribution >= 0.6 is 11.6 Å². The number of rotatable bonds is 11. The number of fused-ring (bicyclic) bond motifs is 1. The van der Waals surface area contributed by atoms with E-state index in [0.717, 1.165) is 63.3 Å². The third-order valence-electron chi connectivity index (χ3n) is 8.37. The Labute approximate surface area is 263 Å². The third-order valence-corrected chi connectivity index (χ3v) is 8.65. The molecule has 236 valence electrons. The van der Waals surface area contributed by atoms with Crippen LogP contribution in [0.5, 0.6) is 5.75 Å². The van der Waals surface area contributed by atoms with E-state index in [-0.39, 0.29) is 5.91 Å². The van der Waals surface area contributed by atoms with Crippen molar-refractivity contribution >= 4 is 40.6 Å². The van der Waals surface area contributed by atoms with Crippen molar-refractivity contribution in [1.82, 2.24) is 25.1 Å². The molecule has 5 rings (SSSR count). The molecule has 1 aliphatic heterocycles. The van der Waals surface area contributed by atoms with E-state index in [9.17, 15) is 9.90 Å². The van der Waals surface area contributed by atoms with E-state index in [1.807, 2.05) is 12.1 Å². The van der Waals surface area contributed by atoms with Gasteiger partial charge >= 0.3 is 0 Å². The number of carbonyl (C=O) groups is 1. The second-order valence-electron chi connectivity index (χ2n) is 11.2. The molecular weight excluding hydrogens is 582 g/mol. The highest BCUT2D eigenvalue weighted by molar-refractivity contribution is 6.33. The molecule has 0 radical (unpaired) electrons. The first-order valence-corrected chi connectivity index (χ1v) is 15.5. The van der Waals surface area contributed by atoms with Gasteiger partial charge < -0.3 is 30.5 Å². The third kappa shape index (κ3) is 7.59. The van der Waals surface area contributed by atoms with E-state index in [4.69, 9.17) is 21.1 Å². The quantitative estimate of drug-likeness (QED) is 0.234. The topological polar surface area (TPSA) is 124 Å². The fourth-order valence-electron chi connectivity index (χ4n) is 6.19. The molecule has 44 heavy (non-hydrogen) atoms. The van der Waals surface area contributed by atoms with Gasteiger partial charge in [-0.3, -0.25) is 14.6 Å². The molecule has 2 aliphatic rings. The van der Waals surface area contributed by atoms with Gasteiger partial charge in [0.25, 0.3) is 5.91 Å². The molecule has 2 heterocycles. The zero-order valence-corrected chi connectivity index (χ0v) is 26.4. The highest BCUT2D eigenvalue weighted by Crippen LogP contribution is 2.38. The number of amides is 1. The molecule has 1 amide bonds. The molecule has 2 aromatic carbocycles. The van der Waals surface area contributed by atoms with Gasteiger partial charge in [-0.15, -0.1) is 0 Å². The Balaban J connectivity index is 1.29. The van der Waals surface area contributed by atoms with Crippen molar-refractivity contribution in [2.24, 2.45) is 0 Å². The number of methoxy groups -OCH3 is 2. The van der Waals surface area contributed by atoms with E-state index >= 15 is 0 Å². The van der Waals surface area contributed by atoms with Crippen LogP contribution in [0.4, 0.5) is 23.1 Å². The SMILES string of the molecule is CNC(=O)c1ccccc1Nc1nc(Nc2ccc3c(c2OC)CCCC(N2CCN(C[C@H](O)COC)CC2)C3)ncc1Cl. The molecule has 1 fully saturated rings. The fourth-order valence-corrected chi connectivity index (χ4v) is 6.33. The summed E-state index contributed by atoms with van der Waals surface area (Å²) in [4.78, 5) is 26.3. The lowest BCUT2D eigenvalue weighted by Gasteiger charge is -2.39. The van der Waals surface area contributed by atoms with Gasteiger partial charge in [-0.05, 0) is 55.0 Å². The lowest BCUT2D eigenvalue weighted by Crippen LogP contribution is -2.52. The smallest absolute Gasteiger partial charge is 0.253 e. The van der Waals surface area contributed by atoms with Gasteiger partial charge in [0.15, 0.2) is 5.82 Å². The van der Waals surface area contributed by atoms with Gasteiger partial charge in [-0.25, -0.2) is 4.98 Å². The van der Waals surface area contributed by atoms with Crippen LogP contribution in [0.1, 0.15) is 34.3 Å². The van der Waals surface area contributed by atoms with Crippen LogP contribution in [0.25, 0.3) is 0 Å². The maximum atomic E-state index is 12.3. The minimum absolute atomic E-state index is 0.214. The first-order chi connectivity index (χ1) is 21.4. The Hall–Kier alpha value is -3.48. The van der Waals surface area contributed by atoms with Crippen molar-refractivity contribution in [1.29, 1.82) is 0 Å². The molecule has 2 atom stereocenters. The molecular formula is C32H42ClN7O4. The molecule has 1 aromatic heterocycles. The van der Waals surface area contributed by atoms with Gasteiger partial charge in [-0.2, -0.15) is 4.98 Å². The van der Waals surface area contributed by atoms with E-state index in [2.05, 4.69) is 41.8 Å². The molecule has 1 unspecified atom stereocenters. The summed E-state index contributed by atoms with van der Waals surface area (Å²) >= 11 is 6.44. The lowest BCUT2D eigenvalue weighted by atomic mass is 9.98. The Kier molecular flexibility index (Phi) is 10.9. The average molecular weight is 624 g/mol. The Morgan fingerprint density at radius 2 is 1.91 bits per heavy atom. The van der Waals surface area contributed by atoms with Crippen molar-refractivity contribution in [3.05, 3.63) is 64.3 Å². The monoisotopic (exact) mass is 623 g/mol. The van der Waals surface area contributed by atoms with Crippen LogP contribution in [0.3, 0.4) is 0 Å². The van der Waals surface area contributed by atoms with E-state index in [0.29, 0.717) is 47.2 Å². The fraction of sp³-hybridized carbons (Fsp3) is 0.469. The number of hydrogen-bond acceptors (Lipinski definition) is 10. The van der Waals surface area contributed by atoms with Crippen molar-refractivity contribution in [2.75, 3.05) is 71.2 Å². The Morgan fingerprint density at radius 1 is 1.11 bits per heavy atom. The van der Waals surface area contributed by atoms with Gasteiger partial charge in [-0.1, -0.05) is 29.8 Å². The number of nitrogens with one attached hydrogen (secondary N) is 3. The largest absolute Gasteiger partial charge is 0.494 e. The number of aliphatic hydroxyl groups is 1. The van der Waals surface area contributed by atoms with Crippen molar-refractivity contribution in [2.45, 2.75) is 37.8 Å². The van der Waals surface area contributed by atoms with Crippen molar-refractivity contribution in [3.63, 3.8) is 0 Å². The molecule has 11 nitrogen and oxygen atoms in total. The van der Waals surface area contributed by atoms with Crippen LogP contribution < -0.4 is 20.7 Å². The number of para-hydroxylation sites is 1. The minimum atomic E-state index is -0.446. The number of nitrogens with zero attached hydrogens (tertiary/aromatic N) is 4. The number of anilines is 4. The average Bonchev–Trinajstić information content (AvgIpc) is 3.26. The van der Waals surface area contributed by atoms with E-state index in [1.165, 1.54) is 17.3 Å². The summed E-state index contributed by atoms with van der Waals surface area (Å²) < 4.78 is 11.1. The number of ether oxygens (including phenoxy) is 2. The zero-order chi connectivity index (χ0) is 31.1. The number of aliphatic hydroxyl groups excluding tert-OH is 1. The lowest BCUT2D eigenvalue weighted by molar-refractivity contribution is 0.0174. The molecule has 1 saturated heterocycles. The summed E-state index contributed by atoms with van der Waals surface area (Å²) in [7, 11) is 4.91. The first-order valence-electron chi connectivity index (χ1n) is 15.1. The summed E-state index contributed by atoms with van der Waals surface area (Å²) in [6, 6.07) is 11.9. The van der Waals surface area contributed by atoms with Crippen LogP contribution in [0, 0.1) is 0 Å². The standard InChI is InChI=1S/C32H42ClN7O4/c1-34-31(42)25-8-4-5-10-27(25)36-30-26(33)18-35-32(38-30)37-28-12-11-21-17-22(7-6-9-24(21)29(28)44-3)40-15-13-39(14-16-40)19-23(41)20-43-2/h4-5,8,10-12,18,22-23,41H,6-7,9,13-17,19-20H2,1-3H3,(H,34,42)(H2,35,36,37,38)/t22?,23-/m0/s1. The summed E-state index contributed by atoms with van der Waals surface area (Å²) in [5.41, 5.74) is 4.37. The van der Waals surface area contributed by atoms with E-state index in [1.54, 1.807) is 39.5 Å². The normalized spacial score (nSPS) is 18.2. The highest BCUT2D eigenvalue weighted by atomic mass is 35.5. The van der Waals surface area contributed by atoms with Crippen molar-refractivity contribution < 1.29 is 19.4 Å². The summed E-state index contributed by atoms with van der Waals surface area (Å²) in [5, 5.41) is 19.6. The van der Waals surface area contributed by atoms with Gasteiger partial charge in [0.05, 0.1) is 43.0 Å². The summed E-state index contributed by atoms with van der Waals surface area (Å²) in [5.74, 6) is 1.32. The predicted molar refractivity (Wildman–Crippen MR) is 173 cm³/mol.